The summed E-state index contributed by atoms with van der Waals surface area (Å²) in [5.41, 5.74) is 1.53. The minimum Gasteiger partial charge on any atom is -0.493 e. The molecule has 166 valence electrons. The van der Waals surface area contributed by atoms with Gasteiger partial charge in [-0.2, -0.15) is 0 Å². The molecule has 2 aromatic carbocycles. The third-order valence-corrected chi connectivity index (χ3v) is 6.26. The number of methoxy groups -OCH3 is 1. The highest BCUT2D eigenvalue weighted by Gasteiger charge is 2.32. The van der Waals surface area contributed by atoms with E-state index in [1.165, 1.54) is 19.2 Å². The second-order valence-electron chi connectivity index (χ2n) is 7.74. The van der Waals surface area contributed by atoms with Crippen molar-refractivity contribution < 1.29 is 23.5 Å². The van der Waals surface area contributed by atoms with Gasteiger partial charge in [-0.25, -0.2) is 4.39 Å². The monoisotopic (exact) mass is 540 g/mol. The van der Waals surface area contributed by atoms with Crippen LogP contribution in [-0.4, -0.2) is 60.9 Å². The number of carbonyl (C=O) groups is 2. The summed E-state index contributed by atoms with van der Waals surface area (Å²) in [7, 11) is 1.50. The topological polar surface area (TPSA) is 59.1 Å². The molecule has 0 aromatic heterocycles. The van der Waals surface area contributed by atoms with Crippen LogP contribution in [0.4, 0.5) is 4.39 Å². The van der Waals surface area contributed by atoms with Crippen molar-refractivity contribution >= 4 is 34.8 Å². The lowest BCUT2D eigenvalue weighted by molar-refractivity contribution is -0.139. The Kier molecular flexibility index (Phi) is 7.88. The van der Waals surface area contributed by atoms with Gasteiger partial charge in [0.25, 0.3) is 5.91 Å². The number of benzene rings is 2. The maximum Gasteiger partial charge on any atom is 0.260 e. The molecule has 2 atom stereocenters. The standard InChI is InChI=1S/C23H26FIN2O4/c1-15-11-27(16(2)10-26(15)12-17-4-6-19(24)7-5-17)22(29)14-31-23-20(25)8-18(13-28)9-21(23)30-3/h4-9,13,15-16H,10-12,14H2,1-3H3/t15-,16+/m0/s1. The Bertz CT molecular complexity index is 938. The Morgan fingerprint density at radius 3 is 2.55 bits per heavy atom. The van der Waals surface area contributed by atoms with Crippen LogP contribution in [0.2, 0.25) is 0 Å². The number of rotatable bonds is 7. The summed E-state index contributed by atoms with van der Waals surface area (Å²) in [6.45, 7) is 6.01. The molecule has 6 nitrogen and oxygen atoms in total. The molecule has 0 N–H and O–H groups in total. The molecule has 1 heterocycles. The number of ether oxygens (including phenoxy) is 2. The zero-order valence-electron chi connectivity index (χ0n) is 17.8. The molecular formula is C23H26FIN2O4. The molecule has 31 heavy (non-hydrogen) atoms. The van der Waals surface area contributed by atoms with E-state index in [0.717, 1.165) is 18.4 Å². The molecule has 2 aromatic rings. The summed E-state index contributed by atoms with van der Waals surface area (Å²) in [5.74, 6) is 0.538. The third-order valence-electron chi connectivity index (χ3n) is 5.46. The summed E-state index contributed by atoms with van der Waals surface area (Å²) >= 11 is 2.06. The van der Waals surface area contributed by atoms with Gasteiger partial charge in [0.15, 0.2) is 18.1 Å². The maximum atomic E-state index is 13.2. The first-order valence-corrected chi connectivity index (χ1v) is 11.1. The summed E-state index contributed by atoms with van der Waals surface area (Å²) < 4.78 is 25.0. The van der Waals surface area contributed by atoms with Gasteiger partial charge in [0, 0.05) is 37.3 Å². The van der Waals surface area contributed by atoms with Crippen molar-refractivity contribution in [2.45, 2.75) is 32.5 Å². The minimum atomic E-state index is -0.243. The largest absolute Gasteiger partial charge is 0.493 e. The molecule has 1 saturated heterocycles. The van der Waals surface area contributed by atoms with E-state index in [-0.39, 0.29) is 30.4 Å². The van der Waals surface area contributed by atoms with Crippen molar-refractivity contribution in [1.29, 1.82) is 0 Å². The Balaban J connectivity index is 1.62. The Hall–Kier alpha value is -2.20. The molecule has 0 bridgehead atoms. The Labute approximate surface area is 195 Å². The first-order chi connectivity index (χ1) is 14.8. The summed E-state index contributed by atoms with van der Waals surface area (Å²) in [6, 6.07) is 9.99. The lowest BCUT2D eigenvalue weighted by Crippen LogP contribution is -2.58. The van der Waals surface area contributed by atoms with Crippen LogP contribution < -0.4 is 9.47 Å². The maximum absolute atomic E-state index is 13.2. The Morgan fingerprint density at radius 2 is 1.90 bits per heavy atom. The SMILES string of the molecule is COc1cc(C=O)cc(I)c1OCC(=O)N1C[C@H](C)N(Cc2ccc(F)cc2)C[C@H]1C. The molecule has 1 fully saturated rings. The van der Waals surface area contributed by atoms with E-state index >= 15 is 0 Å². The average molecular weight is 540 g/mol. The number of carbonyl (C=O) groups excluding carboxylic acids is 2. The van der Waals surface area contributed by atoms with E-state index < -0.39 is 0 Å². The van der Waals surface area contributed by atoms with Crippen molar-refractivity contribution in [2.24, 2.45) is 0 Å². The van der Waals surface area contributed by atoms with Gasteiger partial charge in [-0.3, -0.25) is 14.5 Å². The smallest absolute Gasteiger partial charge is 0.260 e. The molecule has 1 aliphatic heterocycles. The second-order valence-corrected chi connectivity index (χ2v) is 8.90. The average Bonchev–Trinajstić information content (AvgIpc) is 2.75. The molecule has 8 heteroatoms. The highest BCUT2D eigenvalue weighted by atomic mass is 127. The van der Waals surface area contributed by atoms with E-state index in [1.54, 1.807) is 24.3 Å². The highest BCUT2D eigenvalue weighted by molar-refractivity contribution is 14.1. The molecule has 1 aliphatic rings. The van der Waals surface area contributed by atoms with Crippen LogP contribution in [0.1, 0.15) is 29.8 Å². The van der Waals surface area contributed by atoms with Crippen LogP contribution in [0.25, 0.3) is 0 Å². The normalized spacial score (nSPS) is 19.2. The van der Waals surface area contributed by atoms with Gasteiger partial charge in [-0.05, 0) is 66.3 Å². The van der Waals surface area contributed by atoms with Gasteiger partial charge in [-0.15, -0.1) is 0 Å². The summed E-state index contributed by atoms with van der Waals surface area (Å²) in [5, 5.41) is 0. The lowest BCUT2D eigenvalue weighted by Gasteiger charge is -2.44. The first-order valence-electron chi connectivity index (χ1n) is 10.1. The van der Waals surface area contributed by atoms with E-state index in [0.29, 0.717) is 33.7 Å². The van der Waals surface area contributed by atoms with Crippen LogP contribution in [-0.2, 0) is 11.3 Å². The molecule has 0 spiro atoms. The molecule has 0 saturated carbocycles. The van der Waals surface area contributed by atoms with Crippen LogP contribution in [0.15, 0.2) is 36.4 Å². The van der Waals surface area contributed by atoms with Crippen molar-refractivity contribution in [2.75, 3.05) is 26.8 Å². The van der Waals surface area contributed by atoms with Crippen molar-refractivity contribution in [3.8, 4) is 11.5 Å². The van der Waals surface area contributed by atoms with E-state index in [4.69, 9.17) is 9.47 Å². The molecule has 1 amide bonds. The summed E-state index contributed by atoms with van der Waals surface area (Å²) in [6.07, 6.45) is 0.744. The van der Waals surface area contributed by atoms with E-state index in [1.807, 2.05) is 11.8 Å². The Morgan fingerprint density at radius 1 is 1.19 bits per heavy atom. The van der Waals surface area contributed by atoms with E-state index in [9.17, 15) is 14.0 Å². The van der Waals surface area contributed by atoms with Crippen LogP contribution in [0, 0.1) is 9.39 Å². The van der Waals surface area contributed by atoms with Crippen molar-refractivity contribution in [3.05, 3.63) is 56.9 Å². The quantitative estimate of drug-likeness (QED) is 0.396. The van der Waals surface area contributed by atoms with Crippen molar-refractivity contribution in [1.82, 2.24) is 9.80 Å². The van der Waals surface area contributed by atoms with Gasteiger partial charge in [0.05, 0.1) is 10.7 Å². The first kappa shape index (κ1) is 23.5. The molecular weight excluding hydrogens is 514 g/mol. The number of piperazine rings is 1. The molecule has 0 radical (unpaired) electrons. The number of hydrogen-bond acceptors (Lipinski definition) is 5. The number of hydrogen-bond donors (Lipinski definition) is 0. The predicted molar refractivity (Wildman–Crippen MR) is 124 cm³/mol. The van der Waals surface area contributed by atoms with Gasteiger partial charge in [0.2, 0.25) is 0 Å². The number of halogens is 2. The fourth-order valence-corrected chi connectivity index (χ4v) is 4.54. The third kappa shape index (κ3) is 5.74. The van der Waals surface area contributed by atoms with Gasteiger partial charge >= 0.3 is 0 Å². The molecule has 0 aliphatic carbocycles. The van der Waals surface area contributed by atoms with Crippen molar-refractivity contribution in [3.63, 3.8) is 0 Å². The summed E-state index contributed by atoms with van der Waals surface area (Å²) in [4.78, 5) is 28.1. The van der Waals surface area contributed by atoms with Crippen LogP contribution in [0.3, 0.4) is 0 Å². The molecule has 0 unspecified atom stereocenters. The van der Waals surface area contributed by atoms with Gasteiger partial charge in [-0.1, -0.05) is 12.1 Å². The zero-order chi connectivity index (χ0) is 22.5. The van der Waals surface area contributed by atoms with Gasteiger partial charge < -0.3 is 14.4 Å². The lowest BCUT2D eigenvalue weighted by atomic mass is 10.1. The number of aldehydes is 1. The van der Waals surface area contributed by atoms with Crippen LogP contribution >= 0.6 is 22.6 Å². The molecule has 3 rings (SSSR count). The number of amides is 1. The fourth-order valence-electron chi connectivity index (χ4n) is 3.76. The predicted octanol–water partition coefficient (Wildman–Crippen LogP) is 3.75. The number of nitrogens with zero attached hydrogens (tertiary/aromatic N) is 2. The second kappa shape index (κ2) is 10.4. The highest BCUT2D eigenvalue weighted by Crippen LogP contribution is 2.33. The minimum absolute atomic E-state index is 0.0196. The van der Waals surface area contributed by atoms with E-state index in [2.05, 4.69) is 34.4 Å². The van der Waals surface area contributed by atoms with Gasteiger partial charge in [0.1, 0.15) is 12.1 Å². The van der Waals surface area contributed by atoms with Crippen LogP contribution in [0.5, 0.6) is 11.5 Å². The zero-order valence-corrected chi connectivity index (χ0v) is 20.0. The fraction of sp³-hybridized carbons (Fsp3) is 0.391.